The van der Waals surface area contributed by atoms with Crippen LogP contribution in [0.3, 0.4) is 0 Å². The highest BCUT2D eigenvalue weighted by molar-refractivity contribution is 9.10. The molecule has 6 nitrogen and oxygen atoms in total. The molecule has 4 aromatic carbocycles. The molecule has 0 fully saturated rings. The van der Waals surface area contributed by atoms with Gasteiger partial charge in [-0.2, -0.15) is 0 Å². The van der Waals surface area contributed by atoms with Gasteiger partial charge in [0.1, 0.15) is 17.4 Å². The molecule has 0 atom stereocenters. The largest absolute Gasteiger partial charge is 0.480 e. The summed E-state index contributed by atoms with van der Waals surface area (Å²) in [7, 11) is 1.30. The van der Waals surface area contributed by atoms with Crippen LogP contribution in [-0.4, -0.2) is 19.1 Å². The number of carbonyl (C=O) groups excluding carboxylic acids is 2. The summed E-state index contributed by atoms with van der Waals surface area (Å²) in [6.07, 6.45) is -0.446. The van der Waals surface area contributed by atoms with Crippen LogP contribution < -0.4 is 15.4 Å². The number of para-hydroxylation sites is 1. The summed E-state index contributed by atoms with van der Waals surface area (Å²) < 4.78 is 12.1. The molecule has 0 spiro atoms. The minimum atomic E-state index is -0.574. The first-order valence-electron chi connectivity index (χ1n) is 10.9. The zero-order valence-electron chi connectivity index (χ0n) is 18.9. The molecule has 0 heterocycles. The number of hydrogen-bond donors (Lipinski definition) is 2. The second-order valence-corrected chi connectivity index (χ2v) is 8.44. The Balaban J connectivity index is 1.61. The van der Waals surface area contributed by atoms with Crippen LogP contribution in [0.25, 0.3) is 0 Å². The Morgan fingerprint density at radius 3 is 1.97 bits per heavy atom. The monoisotopic (exact) mass is 530 g/mol. The molecule has 2 N–H and O–H groups in total. The highest BCUT2D eigenvalue weighted by Gasteiger charge is 2.21. The number of hydrogen-bond acceptors (Lipinski definition) is 4. The van der Waals surface area contributed by atoms with Gasteiger partial charge in [0, 0.05) is 10.2 Å². The molecular weight excluding hydrogens is 508 g/mol. The molecule has 35 heavy (non-hydrogen) atoms. The van der Waals surface area contributed by atoms with E-state index >= 15 is 0 Å². The first kappa shape index (κ1) is 24.0. The summed E-state index contributed by atoms with van der Waals surface area (Å²) in [5.41, 5.74) is 3.10. The number of amides is 2. The average molecular weight is 531 g/mol. The molecule has 0 bridgehead atoms. The lowest BCUT2D eigenvalue weighted by Crippen LogP contribution is -2.20. The third kappa shape index (κ3) is 6.07. The van der Waals surface area contributed by atoms with Crippen molar-refractivity contribution in [3.05, 3.63) is 124 Å². The number of urea groups is 1. The van der Waals surface area contributed by atoms with Crippen LogP contribution in [0.5, 0.6) is 5.75 Å². The van der Waals surface area contributed by atoms with Gasteiger partial charge in [0.25, 0.3) is 0 Å². The van der Waals surface area contributed by atoms with Crippen LogP contribution in [0.2, 0.25) is 0 Å². The van der Waals surface area contributed by atoms with Crippen molar-refractivity contribution < 1.29 is 19.1 Å². The molecule has 0 aliphatic rings. The van der Waals surface area contributed by atoms with Gasteiger partial charge in [-0.1, -0.05) is 72.8 Å². The number of methoxy groups -OCH3 is 1. The number of halogens is 1. The van der Waals surface area contributed by atoms with Crippen molar-refractivity contribution in [1.29, 1.82) is 0 Å². The number of rotatable bonds is 7. The molecule has 0 unspecified atom stereocenters. The molecular formula is C28H23BrN2O4. The molecule has 4 aromatic rings. The van der Waals surface area contributed by atoms with Gasteiger partial charge < -0.3 is 20.1 Å². The number of nitrogens with one attached hydrogen (secondary N) is 2. The quantitative estimate of drug-likeness (QED) is 0.251. The Morgan fingerprint density at radius 2 is 1.37 bits per heavy atom. The van der Waals surface area contributed by atoms with E-state index in [4.69, 9.17) is 9.47 Å². The highest BCUT2D eigenvalue weighted by Crippen LogP contribution is 2.32. The van der Waals surface area contributed by atoms with Crippen molar-refractivity contribution in [2.75, 3.05) is 17.7 Å². The van der Waals surface area contributed by atoms with E-state index in [1.807, 2.05) is 78.9 Å². The lowest BCUT2D eigenvalue weighted by molar-refractivity contribution is 0.0594. The molecule has 0 saturated carbocycles. The molecule has 0 aliphatic heterocycles. The Labute approximate surface area is 212 Å². The van der Waals surface area contributed by atoms with E-state index in [0.29, 0.717) is 17.1 Å². The van der Waals surface area contributed by atoms with E-state index in [2.05, 4.69) is 26.6 Å². The van der Waals surface area contributed by atoms with Gasteiger partial charge in [-0.25, -0.2) is 9.59 Å². The van der Waals surface area contributed by atoms with E-state index in [9.17, 15) is 9.59 Å². The Hall–Kier alpha value is -4.10. The van der Waals surface area contributed by atoms with E-state index in [1.165, 1.54) is 13.2 Å². The van der Waals surface area contributed by atoms with E-state index in [0.717, 1.165) is 15.6 Å². The zero-order chi connectivity index (χ0) is 24.6. The maximum atomic E-state index is 12.6. The summed E-state index contributed by atoms with van der Waals surface area (Å²) in [5, 5.41) is 5.51. The van der Waals surface area contributed by atoms with Gasteiger partial charge in [0.2, 0.25) is 0 Å². The lowest BCUT2D eigenvalue weighted by Gasteiger charge is -2.22. The molecule has 2 amide bonds. The second-order valence-electron chi connectivity index (χ2n) is 7.58. The second kappa shape index (κ2) is 11.4. The maximum Gasteiger partial charge on any atom is 0.341 e. The van der Waals surface area contributed by atoms with Crippen molar-refractivity contribution >= 4 is 39.3 Å². The van der Waals surface area contributed by atoms with E-state index < -0.39 is 18.1 Å². The highest BCUT2D eigenvalue weighted by atomic mass is 79.9. The number of ether oxygens (including phenoxy) is 2. The normalized spacial score (nSPS) is 10.5. The van der Waals surface area contributed by atoms with Gasteiger partial charge in [0.05, 0.1) is 12.8 Å². The maximum absolute atomic E-state index is 12.6. The molecule has 0 radical (unpaired) electrons. The first-order chi connectivity index (χ1) is 17.0. The van der Waals surface area contributed by atoms with E-state index in [1.54, 1.807) is 18.2 Å². The average Bonchev–Trinajstić information content (AvgIpc) is 2.89. The Morgan fingerprint density at radius 1 is 0.771 bits per heavy atom. The zero-order valence-corrected chi connectivity index (χ0v) is 20.5. The summed E-state index contributed by atoms with van der Waals surface area (Å²) in [5.74, 6) is -0.235. The molecule has 0 aromatic heterocycles. The molecule has 4 rings (SSSR count). The van der Waals surface area contributed by atoms with Crippen molar-refractivity contribution in [2.24, 2.45) is 0 Å². The van der Waals surface area contributed by atoms with Gasteiger partial charge >= 0.3 is 12.0 Å². The summed E-state index contributed by atoms with van der Waals surface area (Å²) in [6, 6.07) is 31.2. The molecule has 176 valence electrons. The van der Waals surface area contributed by atoms with E-state index in [-0.39, 0.29) is 5.56 Å². The van der Waals surface area contributed by atoms with Crippen LogP contribution in [-0.2, 0) is 4.74 Å². The first-order valence-corrected chi connectivity index (χ1v) is 11.7. The minimum Gasteiger partial charge on any atom is -0.480 e. The summed E-state index contributed by atoms with van der Waals surface area (Å²) in [4.78, 5) is 25.2. The molecule has 0 saturated heterocycles. The van der Waals surface area contributed by atoms with Gasteiger partial charge in [-0.15, -0.1) is 0 Å². The predicted molar refractivity (Wildman–Crippen MR) is 140 cm³/mol. The number of esters is 1. The smallest absolute Gasteiger partial charge is 0.341 e. The van der Waals surface area contributed by atoms with Gasteiger partial charge in [-0.3, -0.25) is 0 Å². The number of anilines is 2. The van der Waals surface area contributed by atoms with Crippen molar-refractivity contribution in [3.8, 4) is 5.75 Å². The van der Waals surface area contributed by atoms with Crippen molar-refractivity contribution in [2.45, 2.75) is 6.10 Å². The van der Waals surface area contributed by atoms with Crippen LogP contribution in [0, 0.1) is 0 Å². The third-order valence-corrected chi connectivity index (χ3v) is 5.91. The van der Waals surface area contributed by atoms with Gasteiger partial charge in [-0.05, 0) is 57.4 Å². The lowest BCUT2D eigenvalue weighted by atomic mass is 10.0. The summed E-state index contributed by atoms with van der Waals surface area (Å²) >= 11 is 3.40. The molecule has 7 heteroatoms. The predicted octanol–water partition coefficient (Wildman–Crippen LogP) is 7.05. The third-order valence-electron chi connectivity index (χ3n) is 5.21. The minimum absolute atomic E-state index is 0.197. The standard InChI is InChI=1S/C28H23BrN2O4/c1-34-27(32)22-18-21(30-28(33)31-24-15-9-8-14-23(24)29)16-17-25(22)35-26(19-10-4-2-5-11-19)20-12-6-3-7-13-20/h2-18,26H,1H3,(H2,30,31,33). The Bertz CT molecular complexity index is 1270. The fourth-order valence-corrected chi connectivity index (χ4v) is 3.92. The summed E-state index contributed by atoms with van der Waals surface area (Å²) in [6.45, 7) is 0. The number of carbonyl (C=O) groups is 2. The Kier molecular flexibility index (Phi) is 7.80. The fourth-order valence-electron chi connectivity index (χ4n) is 3.54. The number of benzene rings is 4. The topological polar surface area (TPSA) is 76.7 Å². The van der Waals surface area contributed by atoms with Crippen molar-refractivity contribution in [1.82, 2.24) is 0 Å². The van der Waals surface area contributed by atoms with Crippen molar-refractivity contribution in [3.63, 3.8) is 0 Å². The van der Waals surface area contributed by atoms with Crippen LogP contribution >= 0.6 is 15.9 Å². The van der Waals surface area contributed by atoms with Crippen LogP contribution in [0.4, 0.5) is 16.2 Å². The molecule has 0 aliphatic carbocycles. The SMILES string of the molecule is COC(=O)c1cc(NC(=O)Nc2ccccc2Br)ccc1OC(c1ccccc1)c1ccccc1. The van der Waals surface area contributed by atoms with Gasteiger partial charge in [0.15, 0.2) is 0 Å². The van der Waals surface area contributed by atoms with Crippen LogP contribution in [0.15, 0.2) is 108 Å². The fraction of sp³-hybridized carbons (Fsp3) is 0.0714. The van der Waals surface area contributed by atoms with Crippen LogP contribution in [0.1, 0.15) is 27.6 Å².